The first-order valence-corrected chi connectivity index (χ1v) is 14.6. The fourth-order valence-corrected chi connectivity index (χ4v) is 2.82. The molecule has 0 aromatic carbocycles. The molecule has 0 heterocycles. The summed E-state index contributed by atoms with van der Waals surface area (Å²) < 4.78 is 4.83. The van der Waals surface area contributed by atoms with Crippen molar-refractivity contribution in [2.75, 3.05) is 39.5 Å². The van der Waals surface area contributed by atoms with E-state index in [1.807, 2.05) is 0 Å². The van der Waals surface area contributed by atoms with Crippen molar-refractivity contribution in [2.45, 2.75) is 124 Å². The Kier molecular flexibility index (Phi) is 48.3. The Morgan fingerprint density at radius 3 is 1.53 bits per heavy atom. The van der Waals surface area contributed by atoms with E-state index in [0.29, 0.717) is 45.5 Å². The predicted molar refractivity (Wildman–Crippen MR) is 155 cm³/mol. The van der Waals surface area contributed by atoms with E-state index < -0.39 is 5.97 Å². The van der Waals surface area contributed by atoms with E-state index in [-0.39, 0.29) is 25.1 Å². The predicted octanol–water partition coefficient (Wildman–Crippen LogP) is 3.89. The molecule has 38 heavy (non-hydrogen) atoms. The summed E-state index contributed by atoms with van der Waals surface area (Å²) in [6, 6.07) is 0. The SMILES string of the molecule is CCCCCC(=O)O.CCCCCCCC(=O)NCCO.CCCCCCCC(=O)OCCN.NCCO. The maximum atomic E-state index is 11.0. The van der Waals surface area contributed by atoms with Crippen LogP contribution in [0.25, 0.3) is 0 Å². The normalized spacial score (nSPS) is 9.55. The largest absolute Gasteiger partial charge is 0.481 e. The van der Waals surface area contributed by atoms with Crippen LogP contribution in [-0.2, 0) is 19.1 Å². The zero-order chi connectivity index (χ0) is 29.7. The van der Waals surface area contributed by atoms with E-state index in [1.165, 1.54) is 38.5 Å². The highest BCUT2D eigenvalue weighted by Crippen LogP contribution is 2.05. The van der Waals surface area contributed by atoms with Crippen LogP contribution < -0.4 is 16.8 Å². The van der Waals surface area contributed by atoms with Gasteiger partial charge in [-0.05, 0) is 19.3 Å². The molecule has 0 radical (unpaired) electrons. The molecule has 1 amide bonds. The third-order valence-electron chi connectivity index (χ3n) is 4.93. The quantitative estimate of drug-likeness (QED) is 0.0909. The molecular formula is C28H61N3O7. The molecule has 0 aromatic heterocycles. The maximum absolute atomic E-state index is 11.0. The number of ether oxygens (including phenoxy) is 1. The average Bonchev–Trinajstić information content (AvgIpc) is 2.91. The average molecular weight is 552 g/mol. The molecule has 0 rings (SSSR count). The summed E-state index contributed by atoms with van der Waals surface area (Å²) in [6.45, 7) is 8.07. The van der Waals surface area contributed by atoms with Crippen LogP contribution in [0.15, 0.2) is 0 Å². The number of rotatable bonds is 21. The number of carbonyl (C=O) groups excluding carboxylic acids is 2. The van der Waals surface area contributed by atoms with Crippen LogP contribution >= 0.6 is 0 Å². The van der Waals surface area contributed by atoms with Gasteiger partial charge in [0.2, 0.25) is 5.91 Å². The highest BCUT2D eigenvalue weighted by Gasteiger charge is 2.01. The number of carbonyl (C=O) groups is 3. The lowest BCUT2D eigenvalue weighted by Crippen LogP contribution is -2.25. The van der Waals surface area contributed by atoms with Crippen LogP contribution in [0.3, 0.4) is 0 Å². The van der Waals surface area contributed by atoms with E-state index in [2.05, 4.69) is 26.1 Å². The number of nitrogens with one attached hydrogen (secondary N) is 1. The molecule has 8 N–H and O–H groups in total. The number of aliphatic hydroxyl groups excluding tert-OH is 2. The Bertz CT molecular complexity index is 449. The van der Waals surface area contributed by atoms with E-state index in [0.717, 1.165) is 44.9 Å². The second-order valence-electron chi connectivity index (χ2n) is 8.77. The van der Waals surface area contributed by atoms with Crippen molar-refractivity contribution in [1.82, 2.24) is 5.32 Å². The monoisotopic (exact) mass is 551 g/mol. The summed E-state index contributed by atoms with van der Waals surface area (Å²) in [5, 5.41) is 27.0. The molecule has 10 heteroatoms. The number of nitrogens with two attached hydrogens (primary N) is 2. The summed E-state index contributed by atoms with van der Waals surface area (Å²) in [5.74, 6) is -0.731. The zero-order valence-electron chi connectivity index (χ0n) is 24.7. The molecule has 0 spiro atoms. The topological polar surface area (TPSA) is 185 Å². The first-order valence-electron chi connectivity index (χ1n) is 14.6. The molecule has 0 aliphatic rings. The van der Waals surface area contributed by atoms with Crippen LogP contribution in [0.5, 0.6) is 0 Å². The Labute approximate surface area is 232 Å². The Balaban J connectivity index is -0.000000218. The molecule has 0 atom stereocenters. The molecule has 10 nitrogen and oxygen atoms in total. The van der Waals surface area contributed by atoms with Crippen LogP contribution in [0, 0.1) is 0 Å². The van der Waals surface area contributed by atoms with E-state index in [1.54, 1.807) is 0 Å². The van der Waals surface area contributed by atoms with Gasteiger partial charge in [-0.3, -0.25) is 14.4 Å². The molecular weight excluding hydrogens is 490 g/mol. The Morgan fingerprint density at radius 1 is 0.658 bits per heavy atom. The van der Waals surface area contributed by atoms with E-state index >= 15 is 0 Å². The number of aliphatic carboxylic acids is 1. The fraction of sp³-hybridized carbons (Fsp3) is 0.893. The Hall–Kier alpha value is -1.75. The second kappa shape index (κ2) is 42.3. The lowest BCUT2D eigenvalue weighted by molar-refractivity contribution is -0.143. The lowest BCUT2D eigenvalue weighted by Gasteiger charge is -2.02. The number of hydrogen-bond acceptors (Lipinski definition) is 8. The van der Waals surface area contributed by atoms with Crippen LogP contribution in [0.4, 0.5) is 0 Å². The van der Waals surface area contributed by atoms with Gasteiger partial charge >= 0.3 is 11.9 Å². The first kappa shape index (κ1) is 43.3. The van der Waals surface area contributed by atoms with E-state index in [9.17, 15) is 14.4 Å². The van der Waals surface area contributed by atoms with Crippen molar-refractivity contribution >= 4 is 17.8 Å². The van der Waals surface area contributed by atoms with Gasteiger partial charge in [-0.1, -0.05) is 85.0 Å². The number of unbranched alkanes of at least 4 members (excludes halogenated alkanes) is 10. The van der Waals surface area contributed by atoms with Gasteiger partial charge in [0.05, 0.1) is 13.2 Å². The standard InChI is InChI=1S/2C10H21NO2.C6H12O2.C2H7NO/c1-2-3-4-5-6-7-10(12)13-9-8-11;1-2-3-4-5-6-7-10(13)11-8-9-12;1-2-3-4-5-6(7)8;3-1-2-4/h2-9,11H2,1H3;12H,2-9H2,1H3,(H,11,13);2-5H2,1H3,(H,7,8);4H,1-3H2. The van der Waals surface area contributed by atoms with Gasteiger partial charge < -0.3 is 36.8 Å². The summed E-state index contributed by atoms with van der Waals surface area (Å²) in [6.07, 6.45) is 16.0. The van der Waals surface area contributed by atoms with Gasteiger partial charge in [-0.15, -0.1) is 0 Å². The van der Waals surface area contributed by atoms with Gasteiger partial charge in [0.15, 0.2) is 0 Å². The minimum atomic E-state index is -0.682. The van der Waals surface area contributed by atoms with Gasteiger partial charge in [0.25, 0.3) is 0 Å². The molecule has 0 aromatic rings. The third-order valence-corrected chi connectivity index (χ3v) is 4.93. The third kappa shape index (κ3) is 55.0. The van der Waals surface area contributed by atoms with Gasteiger partial charge in [-0.2, -0.15) is 0 Å². The second-order valence-corrected chi connectivity index (χ2v) is 8.77. The Morgan fingerprint density at radius 2 is 1.11 bits per heavy atom. The van der Waals surface area contributed by atoms with Crippen molar-refractivity contribution in [3.8, 4) is 0 Å². The van der Waals surface area contributed by atoms with Crippen molar-refractivity contribution < 1.29 is 34.4 Å². The van der Waals surface area contributed by atoms with Crippen LogP contribution in [0.2, 0.25) is 0 Å². The summed E-state index contributed by atoms with van der Waals surface area (Å²) >= 11 is 0. The van der Waals surface area contributed by atoms with Crippen molar-refractivity contribution in [1.29, 1.82) is 0 Å². The van der Waals surface area contributed by atoms with Gasteiger partial charge in [0, 0.05) is 38.9 Å². The summed E-state index contributed by atoms with van der Waals surface area (Å²) in [4.78, 5) is 31.8. The highest BCUT2D eigenvalue weighted by atomic mass is 16.5. The van der Waals surface area contributed by atoms with Crippen LogP contribution in [-0.4, -0.2) is 72.6 Å². The van der Waals surface area contributed by atoms with Gasteiger partial charge in [0.1, 0.15) is 6.61 Å². The first-order chi connectivity index (χ1) is 18.3. The van der Waals surface area contributed by atoms with Crippen molar-refractivity contribution in [3.63, 3.8) is 0 Å². The van der Waals surface area contributed by atoms with Crippen LogP contribution in [0.1, 0.15) is 124 Å². The van der Waals surface area contributed by atoms with E-state index in [4.69, 9.17) is 31.5 Å². The van der Waals surface area contributed by atoms with Crippen molar-refractivity contribution in [2.24, 2.45) is 11.5 Å². The smallest absolute Gasteiger partial charge is 0.305 e. The number of hydrogen-bond donors (Lipinski definition) is 6. The number of carboxylic acids is 1. The molecule has 0 saturated carbocycles. The number of amides is 1. The maximum Gasteiger partial charge on any atom is 0.305 e. The number of aliphatic hydroxyl groups is 2. The summed E-state index contributed by atoms with van der Waals surface area (Å²) in [7, 11) is 0. The number of carboxylic acid groups (broad SMARTS) is 1. The molecule has 0 aliphatic carbocycles. The molecule has 0 fully saturated rings. The van der Waals surface area contributed by atoms with Gasteiger partial charge in [-0.25, -0.2) is 0 Å². The van der Waals surface area contributed by atoms with Crippen molar-refractivity contribution in [3.05, 3.63) is 0 Å². The zero-order valence-corrected chi connectivity index (χ0v) is 24.7. The number of esters is 1. The minimum Gasteiger partial charge on any atom is -0.481 e. The molecule has 0 bridgehead atoms. The highest BCUT2D eigenvalue weighted by molar-refractivity contribution is 5.75. The molecule has 0 unspecified atom stereocenters. The molecule has 0 aliphatic heterocycles. The molecule has 0 saturated heterocycles. The summed E-state index contributed by atoms with van der Waals surface area (Å²) in [5.41, 5.74) is 9.97. The minimum absolute atomic E-state index is 0.0293. The fourth-order valence-electron chi connectivity index (χ4n) is 2.82. The lowest BCUT2D eigenvalue weighted by atomic mass is 10.1. The molecule has 230 valence electrons.